The van der Waals surface area contributed by atoms with Crippen LogP contribution in [-0.4, -0.2) is 41.5 Å². The van der Waals surface area contributed by atoms with Crippen molar-refractivity contribution in [3.05, 3.63) is 23.9 Å². The number of hydrogen-bond donors (Lipinski definition) is 1. The quantitative estimate of drug-likeness (QED) is 0.896. The molecule has 1 N–H and O–H groups in total. The molecular weight excluding hydrogens is 266 g/mol. The largest absolute Gasteiger partial charge is 0.390 e. The van der Waals surface area contributed by atoms with Crippen molar-refractivity contribution in [1.29, 1.82) is 5.26 Å². The van der Waals surface area contributed by atoms with Crippen LogP contribution in [-0.2, 0) is 4.74 Å². The van der Waals surface area contributed by atoms with Crippen LogP contribution < -0.4 is 4.90 Å². The Labute approximate surface area is 125 Å². The first kappa shape index (κ1) is 14.3. The van der Waals surface area contributed by atoms with E-state index in [1.807, 2.05) is 13.0 Å². The number of anilines is 1. The maximum Gasteiger partial charge on any atom is 0.128 e. The summed E-state index contributed by atoms with van der Waals surface area (Å²) in [6.45, 7) is 4.09. The summed E-state index contributed by atoms with van der Waals surface area (Å²) >= 11 is 0. The zero-order valence-corrected chi connectivity index (χ0v) is 12.3. The lowest BCUT2D eigenvalue weighted by atomic mass is 9.79. The number of nitriles is 1. The molecule has 2 aliphatic heterocycles. The SMILES string of the molecule is C[C@]1(O)CCOC[C@@H]1[C@@H]1CCCN1c1ccc(C#N)cn1. The van der Waals surface area contributed by atoms with Crippen LogP contribution in [0.3, 0.4) is 0 Å². The maximum absolute atomic E-state index is 10.7. The van der Waals surface area contributed by atoms with Gasteiger partial charge in [0.1, 0.15) is 11.9 Å². The van der Waals surface area contributed by atoms with E-state index in [1.165, 1.54) is 0 Å². The van der Waals surface area contributed by atoms with Crippen LogP contribution in [0.4, 0.5) is 5.82 Å². The fraction of sp³-hybridized carbons (Fsp3) is 0.625. The standard InChI is InChI=1S/C16H21N3O2/c1-16(20)6-8-21-11-13(16)14-3-2-7-19(14)15-5-4-12(9-17)10-18-15/h4-5,10,13-14,20H,2-3,6-8,11H2,1H3/t13-,14+,16+/m1/s1. The third kappa shape index (κ3) is 2.74. The van der Waals surface area contributed by atoms with Crippen molar-refractivity contribution < 1.29 is 9.84 Å². The Hall–Kier alpha value is -1.64. The average Bonchev–Trinajstić information content (AvgIpc) is 2.96. The molecule has 0 saturated carbocycles. The maximum atomic E-state index is 10.7. The Morgan fingerprint density at radius 3 is 3.05 bits per heavy atom. The third-order valence-corrected chi connectivity index (χ3v) is 4.78. The Bertz CT molecular complexity index is 535. The Morgan fingerprint density at radius 2 is 2.38 bits per heavy atom. The molecular formula is C16H21N3O2. The first-order valence-electron chi connectivity index (χ1n) is 7.55. The van der Waals surface area contributed by atoms with Crippen molar-refractivity contribution in [2.75, 3.05) is 24.7 Å². The molecule has 0 bridgehead atoms. The molecule has 2 saturated heterocycles. The Morgan fingerprint density at radius 1 is 1.52 bits per heavy atom. The van der Waals surface area contributed by atoms with Crippen molar-refractivity contribution in [2.24, 2.45) is 5.92 Å². The fourth-order valence-electron chi connectivity index (χ4n) is 3.50. The topological polar surface area (TPSA) is 69.4 Å². The molecule has 2 fully saturated rings. The number of hydrogen-bond acceptors (Lipinski definition) is 5. The monoisotopic (exact) mass is 287 g/mol. The minimum absolute atomic E-state index is 0.103. The number of aliphatic hydroxyl groups is 1. The summed E-state index contributed by atoms with van der Waals surface area (Å²) in [4.78, 5) is 6.66. The lowest BCUT2D eigenvalue weighted by molar-refractivity contribution is -0.108. The van der Waals surface area contributed by atoms with Crippen LogP contribution in [0.25, 0.3) is 0 Å². The van der Waals surface area contributed by atoms with Gasteiger partial charge in [-0.1, -0.05) is 0 Å². The molecule has 0 amide bonds. The summed E-state index contributed by atoms with van der Waals surface area (Å²) in [5, 5.41) is 19.5. The predicted molar refractivity (Wildman–Crippen MR) is 78.9 cm³/mol. The van der Waals surface area contributed by atoms with E-state index in [0.29, 0.717) is 25.2 Å². The zero-order valence-electron chi connectivity index (χ0n) is 12.3. The Balaban J connectivity index is 1.83. The van der Waals surface area contributed by atoms with E-state index in [0.717, 1.165) is 25.2 Å². The van der Waals surface area contributed by atoms with E-state index in [4.69, 9.17) is 10.00 Å². The third-order valence-electron chi connectivity index (χ3n) is 4.78. The van der Waals surface area contributed by atoms with Gasteiger partial charge < -0.3 is 14.7 Å². The summed E-state index contributed by atoms with van der Waals surface area (Å²) in [7, 11) is 0. The van der Waals surface area contributed by atoms with Crippen molar-refractivity contribution >= 4 is 5.82 Å². The van der Waals surface area contributed by atoms with Gasteiger partial charge in [-0.05, 0) is 38.3 Å². The van der Waals surface area contributed by atoms with Crippen LogP contribution in [0.5, 0.6) is 0 Å². The smallest absolute Gasteiger partial charge is 0.128 e. The molecule has 1 aromatic heterocycles. The lowest BCUT2D eigenvalue weighted by Gasteiger charge is -2.43. The minimum Gasteiger partial charge on any atom is -0.390 e. The van der Waals surface area contributed by atoms with E-state index in [-0.39, 0.29) is 12.0 Å². The molecule has 3 rings (SSSR count). The molecule has 0 aromatic carbocycles. The second kappa shape index (κ2) is 5.63. The molecule has 112 valence electrons. The molecule has 21 heavy (non-hydrogen) atoms. The van der Waals surface area contributed by atoms with Gasteiger partial charge in [-0.15, -0.1) is 0 Å². The highest BCUT2D eigenvalue weighted by atomic mass is 16.5. The van der Waals surface area contributed by atoms with Gasteiger partial charge in [0.2, 0.25) is 0 Å². The van der Waals surface area contributed by atoms with Gasteiger partial charge in [-0.3, -0.25) is 0 Å². The molecule has 3 heterocycles. The summed E-state index contributed by atoms with van der Waals surface area (Å²) in [5.74, 6) is 0.990. The van der Waals surface area contributed by atoms with Gasteiger partial charge in [0.05, 0.1) is 17.8 Å². The molecule has 3 atom stereocenters. The van der Waals surface area contributed by atoms with Crippen LogP contribution in [0.2, 0.25) is 0 Å². The van der Waals surface area contributed by atoms with Gasteiger partial charge in [0, 0.05) is 31.3 Å². The summed E-state index contributed by atoms with van der Waals surface area (Å²) in [6.07, 6.45) is 4.44. The van der Waals surface area contributed by atoms with E-state index in [1.54, 1.807) is 12.3 Å². The van der Waals surface area contributed by atoms with Crippen LogP contribution >= 0.6 is 0 Å². The first-order valence-corrected chi connectivity index (χ1v) is 7.55. The number of pyridine rings is 1. The summed E-state index contributed by atoms with van der Waals surface area (Å²) in [5.41, 5.74) is -0.111. The minimum atomic E-state index is -0.682. The van der Waals surface area contributed by atoms with Crippen LogP contribution in [0.15, 0.2) is 18.3 Å². The van der Waals surface area contributed by atoms with Gasteiger partial charge >= 0.3 is 0 Å². The molecule has 5 heteroatoms. The van der Waals surface area contributed by atoms with E-state index >= 15 is 0 Å². The van der Waals surface area contributed by atoms with E-state index in [9.17, 15) is 5.11 Å². The van der Waals surface area contributed by atoms with Gasteiger partial charge in [-0.25, -0.2) is 4.98 Å². The number of aromatic nitrogens is 1. The number of nitrogens with zero attached hydrogens (tertiary/aromatic N) is 3. The zero-order chi connectivity index (χ0) is 14.9. The highest BCUT2D eigenvalue weighted by Gasteiger charge is 2.44. The predicted octanol–water partition coefficient (Wildman–Crippen LogP) is 1.71. The van der Waals surface area contributed by atoms with Crippen molar-refractivity contribution in [1.82, 2.24) is 4.98 Å². The first-order chi connectivity index (χ1) is 10.1. The number of rotatable bonds is 2. The Kier molecular flexibility index (Phi) is 3.83. The molecule has 0 spiro atoms. The summed E-state index contributed by atoms with van der Waals surface area (Å²) < 4.78 is 5.60. The molecule has 2 aliphatic rings. The summed E-state index contributed by atoms with van der Waals surface area (Å²) in [6, 6.07) is 6.04. The van der Waals surface area contributed by atoms with Crippen molar-refractivity contribution in [2.45, 2.75) is 37.8 Å². The van der Waals surface area contributed by atoms with Gasteiger partial charge in [-0.2, -0.15) is 5.26 Å². The second-order valence-electron chi connectivity index (χ2n) is 6.21. The highest BCUT2D eigenvalue weighted by molar-refractivity contribution is 5.44. The van der Waals surface area contributed by atoms with Gasteiger partial charge in [0.15, 0.2) is 0 Å². The lowest BCUT2D eigenvalue weighted by Crippen LogP contribution is -2.52. The normalized spacial score (nSPS) is 32.9. The van der Waals surface area contributed by atoms with Crippen molar-refractivity contribution in [3.63, 3.8) is 0 Å². The fourth-order valence-corrected chi connectivity index (χ4v) is 3.50. The number of ether oxygens (including phenoxy) is 1. The highest BCUT2D eigenvalue weighted by Crippen LogP contribution is 2.37. The molecule has 1 aromatic rings. The second-order valence-corrected chi connectivity index (χ2v) is 6.21. The van der Waals surface area contributed by atoms with Crippen molar-refractivity contribution in [3.8, 4) is 6.07 Å². The average molecular weight is 287 g/mol. The van der Waals surface area contributed by atoms with E-state index in [2.05, 4.69) is 16.0 Å². The van der Waals surface area contributed by atoms with E-state index < -0.39 is 5.60 Å². The molecule has 0 radical (unpaired) electrons. The molecule has 0 unspecified atom stereocenters. The van der Waals surface area contributed by atoms with Crippen LogP contribution in [0.1, 0.15) is 31.7 Å². The van der Waals surface area contributed by atoms with Gasteiger partial charge in [0.25, 0.3) is 0 Å². The molecule has 0 aliphatic carbocycles. The molecule has 5 nitrogen and oxygen atoms in total. The van der Waals surface area contributed by atoms with Crippen LogP contribution in [0, 0.1) is 17.2 Å².